The molecule has 0 aliphatic carbocycles. The van der Waals surface area contributed by atoms with Gasteiger partial charge in [0.2, 0.25) is 0 Å². The monoisotopic (exact) mass is 668 g/mol. The van der Waals surface area contributed by atoms with Gasteiger partial charge in [-0.2, -0.15) is 0 Å². The van der Waals surface area contributed by atoms with Crippen molar-refractivity contribution in [1.29, 1.82) is 0 Å². The molecule has 0 unspecified atom stereocenters. The largest absolute Gasteiger partial charge is 0.309 e. The zero-order valence-electron chi connectivity index (χ0n) is 27.4. The van der Waals surface area contributed by atoms with E-state index in [0.717, 1.165) is 49.6 Å². The Bertz CT molecular complexity index is 3080. The topological polar surface area (TPSA) is 35.6 Å². The van der Waals surface area contributed by atoms with Crippen molar-refractivity contribution in [3.8, 4) is 34.0 Å². The molecular formula is C46H28N4S. The summed E-state index contributed by atoms with van der Waals surface area (Å²) in [4.78, 5) is 10.3. The number of para-hydroxylation sites is 3. The highest BCUT2D eigenvalue weighted by Crippen LogP contribution is 2.42. The van der Waals surface area contributed by atoms with Gasteiger partial charge >= 0.3 is 0 Å². The lowest BCUT2D eigenvalue weighted by Gasteiger charge is -2.10. The van der Waals surface area contributed by atoms with Gasteiger partial charge < -0.3 is 9.13 Å². The average molecular weight is 669 g/mol. The first-order chi connectivity index (χ1) is 25.3. The van der Waals surface area contributed by atoms with Gasteiger partial charge in [0.05, 0.1) is 38.0 Å². The Kier molecular flexibility index (Phi) is 6.09. The van der Waals surface area contributed by atoms with E-state index in [0.29, 0.717) is 0 Å². The zero-order valence-corrected chi connectivity index (χ0v) is 28.2. The molecule has 0 bridgehead atoms. The summed E-state index contributed by atoms with van der Waals surface area (Å²) >= 11 is 1.77. The van der Waals surface area contributed by atoms with E-state index in [1.165, 1.54) is 48.3 Å². The van der Waals surface area contributed by atoms with Gasteiger partial charge in [0, 0.05) is 54.1 Å². The molecule has 0 fully saturated rings. The maximum atomic E-state index is 5.18. The highest BCUT2D eigenvalue weighted by atomic mass is 32.1. The Balaban J connectivity index is 1.13. The van der Waals surface area contributed by atoms with Crippen molar-refractivity contribution in [2.24, 2.45) is 0 Å². The number of benzene rings is 7. The normalized spacial score (nSPS) is 11.9. The van der Waals surface area contributed by atoms with Crippen molar-refractivity contribution in [2.45, 2.75) is 0 Å². The molecule has 0 spiro atoms. The van der Waals surface area contributed by atoms with Crippen LogP contribution in [0.15, 0.2) is 170 Å². The summed E-state index contributed by atoms with van der Waals surface area (Å²) in [5.41, 5.74) is 11.1. The van der Waals surface area contributed by atoms with E-state index >= 15 is 0 Å². The third-order valence-corrected chi connectivity index (χ3v) is 11.3. The van der Waals surface area contributed by atoms with Crippen LogP contribution in [0, 0.1) is 0 Å². The van der Waals surface area contributed by atoms with Crippen LogP contribution in [0.4, 0.5) is 0 Å². The van der Waals surface area contributed by atoms with Crippen molar-refractivity contribution in [1.82, 2.24) is 19.1 Å². The molecule has 0 saturated carbocycles. The molecule has 4 heterocycles. The fourth-order valence-corrected chi connectivity index (χ4v) is 9.04. The number of fused-ring (bicyclic) bond motifs is 9. The first kappa shape index (κ1) is 28.3. The number of nitrogens with zero attached hydrogens (tertiary/aromatic N) is 4. The van der Waals surface area contributed by atoms with Crippen molar-refractivity contribution in [3.63, 3.8) is 0 Å². The second-order valence-corrected chi connectivity index (χ2v) is 14.1. The molecule has 5 heteroatoms. The number of hydrogen-bond donors (Lipinski definition) is 0. The van der Waals surface area contributed by atoms with Gasteiger partial charge in [0.15, 0.2) is 5.82 Å². The molecule has 0 aliphatic heterocycles. The van der Waals surface area contributed by atoms with E-state index < -0.39 is 0 Å². The molecule has 11 aromatic rings. The highest BCUT2D eigenvalue weighted by Gasteiger charge is 2.19. The second-order valence-electron chi connectivity index (χ2n) is 13.0. The fourth-order valence-electron chi connectivity index (χ4n) is 7.86. The smallest absolute Gasteiger partial charge is 0.160 e. The van der Waals surface area contributed by atoms with Crippen LogP contribution in [-0.2, 0) is 0 Å². The molecule has 4 aromatic heterocycles. The van der Waals surface area contributed by atoms with Gasteiger partial charge in [0.25, 0.3) is 0 Å². The highest BCUT2D eigenvalue weighted by molar-refractivity contribution is 7.26. The van der Waals surface area contributed by atoms with Crippen LogP contribution >= 0.6 is 11.3 Å². The van der Waals surface area contributed by atoms with Gasteiger partial charge in [-0.1, -0.05) is 115 Å². The number of thiophene rings is 1. The lowest BCUT2D eigenvalue weighted by Crippen LogP contribution is -1.95. The van der Waals surface area contributed by atoms with Crippen LogP contribution < -0.4 is 0 Å². The molecule has 4 nitrogen and oxygen atoms in total. The lowest BCUT2D eigenvalue weighted by molar-refractivity contribution is 1.17. The number of hydrogen-bond acceptors (Lipinski definition) is 3. The van der Waals surface area contributed by atoms with Gasteiger partial charge in [-0.15, -0.1) is 11.3 Å². The van der Waals surface area contributed by atoms with E-state index in [2.05, 4.69) is 161 Å². The standard InChI is InChI=1S/C46H28N4S/c1-3-13-29(14-4-1)43-45-44(48-46(47-43)30-15-5-2-6-16-30)36-25-23-32(28-42(36)51-45)50-40-22-12-9-19-35(40)37-27-31(24-26-41(37)50)49-38-20-10-7-17-33(38)34-18-8-11-21-39(34)49/h1-28H. The molecular weight excluding hydrogens is 641 g/mol. The lowest BCUT2D eigenvalue weighted by atomic mass is 10.1. The molecule has 0 radical (unpaired) electrons. The van der Waals surface area contributed by atoms with Gasteiger partial charge in [-0.25, -0.2) is 9.97 Å². The molecule has 0 saturated heterocycles. The van der Waals surface area contributed by atoms with Crippen molar-refractivity contribution in [2.75, 3.05) is 0 Å². The molecule has 0 amide bonds. The molecule has 0 N–H and O–H groups in total. The number of aromatic nitrogens is 4. The average Bonchev–Trinajstić information content (AvgIpc) is 3.85. The minimum absolute atomic E-state index is 0.743. The van der Waals surface area contributed by atoms with E-state index in [9.17, 15) is 0 Å². The van der Waals surface area contributed by atoms with E-state index in [-0.39, 0.29) is 0 Å². The maximum absolute atomic E-state index is 5.18. The molecule has 0 aliphatic rings. The molecule has 51 heavy (non-hydrogen) atoms. The van der Waals surface area contributed by atoms with Gasteiger partial charge in [-0.05, 0) is 54.6 Å². The first-order valence-electron chi connectivity index (χ1n) is 17.2. The van der Waals surface area contributed by atoms with Crippen LogP contribution in [-0.4, -0.2) is 19.1 Å². The molecule has 11 rings (SSSR count). The Morgan fingerprint density at radius 2 is 0.902 bits per heavy atom. The third kappa shape index (κ3) is 4.25. The summed E-state index contributed by atoms with van der Waals surface area (Å²) in [6.07, 6.45) is 0. The summed E-state index contributed by atoms with van der Waals surface area (Å²) in [6.45, 7) is 0. The minimum atomic E-state index is 0.743. The fraction of sp³-hybridized carbons (Fsp3) is 0. The molecule has 238 valence electrons. The van der Waals surface area contributed by atoms with Crippen LogP contribution in [0.25, 0.3) is 97.9 Å². The van der Waals surface area contributed by atoms with Gasteiger partial charge in [0.1, 0.15) is 0 Å². The SMILES string of the molecule is c1ccc(-c2nc(-c3ccccc3)c3sc4cc(-n5c6ccccc6c6cc(-n7c8ccccc8c8ccccc87)ccc65)ccc4c3n2)cc1. The zero-order chi connectivity index (χ0) is 33.5. The predicted molar refractivity (Wildman–Crippen MR) is 214 cm³/mol. The summed E-state index contributed by atoms with van der Waals surface area (Å²) in [7, 11) is 0. The van der Waals surface area contributed by atoms with Crippen LogP contribution in [0.1, 0.15) is 0 Å². The van der Waals surface area contributed by atoms with Gasteiger partial charge in [-0.3, -0.25) is 0 Å². The first-order valence-corrected chi connectivity index (χ1v) is 18.0. The van der Waals surface area contributed by atoms with Crippen LogP contribution in [0.3, 0.4) is 0 Å². The Morgan fingerprint density at radius 1 is 0.392 bits per heavy atom. The summed E-state index contributed by atoms with van der Waals surface area (Å²) < 4.78 is 7.09. The number of rotatable bonds is 4. The van der Waals surface area contributed by atoms with E-state index in [1.807, 2.05) is 18.2 Å². The maximum Gasteiger partial charge on any atom is 0.160 e. The van der Waals surface area contributed by atoms with Crippen LogP contribution in [0.2, 0.25) is 0 Å². The molecule has 0 atom stereocenters. The van der Waals surface area contributed by atoms with Crippen molar-refractivity contribution in [3.05, 3.63) is 170 Å². The summed E-state index contributed by atoms with van der Waals surface area (Å²) in [5.74, 6) is 0.743. The van der Waals surface area contributed by atoms with E-state index in [4.69, 9.17) is 9.97 Å². The van der Waals surface area contributed by atoms with Crippen molar-refractivity contribution >= 4 is 75.3 Å². The minimum Gasteiger partial charge on any atom is -0.309 e. The Morgan fingerprint density at radius 3 is 1.55 bits per heavy atom. The quantitative estimate of drug-likeness (QED) is 0.187. The van der Waals surface area contributed by atoms with Crippen molar-refractivity contribution < 1.29 is 0 Å². The summed E-state index contributed by atoms with van der Waals surface area (Å²) in [5, 5.41) is 6.14. The van der Waals surface area contributed by atoms with Crippen LogP contribution in [0.5, 0.6) is 0 Å². The Hall–Kier alpha value is -6.56. The third-order valence-electron chi connectivity index (χ3n) is 10.1. The molecule has 7 aromatic carbocycles. The second kappa shape index (κ2) is 11.0. The predicted octanol–water partition coefficient (Wildman–Crippen LogP) is 12.4. The summed E-state index contributed by atoms with van der Waals surface area (Å²) in [6, 6.07) is 60.6. The Labute approximate surface area is 297 Å². The van der Waals surface area contributed by atoms with E-state index in [1.54, 1.807) is 11.3 Å².